The van der Waals surface area contributed by atoms with E-state index in [1.807, 2.05) is 39.0 Å². The van der Waals surface area contributed by atoms with Gasteiger partial charge < -0.3 is 5.32 Å². The molecular weight excluding hydrogens is 281 g/mol. The predicted octanol–water partition coefficient (Wildman–Crippen LogP) is 4.96. The number of nitrogens with one attached hydrogen (secondary N) is 1. The standard InChI is InChI=1S/C14H15Cl2N3/c1-8(2)14-18-12(16)7-13(19-14)17-11-5-4-9(3)6-10(11)15/h4-8H,1-3H3,(H,17,18,19). The Hall–Kier alpha value is -1.32. The highest BCUT2D eigenvalue weighted by molar-refractivity contribution is 6.33. The number of hydrogen-bond acceptors (Lipinski definition) is 3. The van der Waals surface area contributed by atoms with Crippen molar-refractivity contribution in [3.05, 3.63) is 45.8 Å². The van der Waals surface area contributed by atoms with Crippen LogP contribution in [0.5, 0.6) is 0 Å². The lowest BCUT2D eigenvalue weighted by atomic mass is 10.2. The molecule has 5 heteroatoms. The Morgan fingerprint density at radius 3 is 2.47 bits per heavy atom. The van der Waals surface area contributed by atoms with E-state index < -0.39 is 0 Å². The lowest BCUT2D eigenvalue weighted by Gasteiger charge is -2.11. The molecule has 0 spiro atoms. The van der Waals surface area contributed by atoms with Crippen LogP contribution in [0.1, 0.15) is 31.2 Å². The van der Waals surface area contributed by atoms with Crippen LogP contribution in [0.3, 0.4) is 0 Å². The van der Waals surface area contributed by atoms with Gasteiger partial charge in [-0.2, -0.15) is 0 Å². The average molecular weight is 296 g/mol. The highest BCUT2D eigenvalue weighted by Crippen LogP contribution is 2.27. The summed E-state index contributed by atoms with van der Waals surface area (Å²) in [6.45, 7) is 6.04. The molecule has 0 aliphatic carbocycles. The third kappa shape index (κ3) is 3.58. The molecule has 0 radical (unpaired) electrons. The third-order valence-corrected chi connectivity index (χ3v) is 3.12. The number of aromatic nitrogens is 2. The summed E-state index contributed by atoms with van der Waals surface area (Å²) in [7, 11) is 0. The van der Waals surface area contributed by atoms with Gasteiger partial charge in [-0.05, 0) is 24.6 Å². The van der Waals surface area contributed by atoms with E-state index >= 15 is 0 Å². The van der Waals surface area contributed by atoms with Gasteiger partial charge in [-0.25, -0.2) is 9.97 Å². The van der Waals surface area contributed by atoms with Crippen molar-refractivity contribution >= 4 is 34.7 Å². The number of anilines is 2. The number of rotatable bonds is 3. The fourth-order valence-corrected chi connectivity index (χ4v) is 2.09. The van der Waals surface area contributed by atoms with Gasteiger partial charge in [0.05, 0.1) is 10.7 Å². The second-order valence-electron chi connectivity index (χ2n) is 4.70. The first-order valence-electron chi connectivity index (χ1n) is 6.03. The summed E-state index contributed by atoms with van der Waals surface area (Å²) in [5.74, 6) is 1.57. The van der Waals surface area contributed by atoms with Gasteiger partial charge in [-0.15, -0.1) is 0 Å². The van der Waals surface area contributed by atoms with Gasteiger partial charge in [0.15, 0.2) is 0 Å². The molecule has 19 heavy (non-hydrogen) atoms. The Labute approximate surface area is 123 Å². The summed E-state index contributed by atoms with van der Waals surface area (Å²) in [6.07, 6.45) is 0. The largest absolute Gasteiger partial charge is 0.339 e. The second kappa shape index (κ2) is 5.76. The first-order valence-corrected chi connectivity index (χ1v) is 6.79. The van der Waals surface area contributed by atoms with Gasteiger partial charge in [0.25, 0.3) is 0 Å². The van der Waals surface area contributed by atoms with E-state index in [1.54, 1.807) is 6.07 Å². The first kappa shape index (κ1) is 14.1. The van der Waals surface area contributed by atoms with E-state index in [9.17, 15) is 0 Å². The minimum absolute atomic E-state index is 0.215. The van der Waals surface area contributed by atoms with Crippen molar-refractivity contribution in [1.29, 1.82) is 0 Å². The maximum absolute atomic E-state index is 6.18. The van der Waals surface area contributed by atoms with Gasteiger partial charge in [0.2, 0.25) is 0 Å². The SMILES string of the molecule is Cc1ccc(Nc2cc(Cl)nc(C(C)C)n2)c(Cl)c1. The van der Waals surface area contributed by atoms with E-state index in [0.717, 1.165) is 11.3 Å². The van der Waals surface area contributed by atoms with Crippen molar-refractivity contribution < 1.29 is 0 Å². The Morgan fingerprint density at radius 2 is 1.84 bits per heavy atom. The molecule has 0 atom stereocenters. The summed E-state index contributed by atoms with van der Waals surface area (Å²) in [5.41, 5.74) is 1.91. The van der Waals surface area contributed by atoms with Crippen molar-refractivity contribution in [3.63, 3.8) is 0 Å². The Bertz CT molecular complexity index is 597. The van der Waals surface area contributed by atoms with Crippen molar-refractivity contribution in [3.8, 4) is 0 Å². The number of aryl methyl sites for hydroxylation is 1. The molecule has 3 nitrogen and oxygen atoms in total. The maximum atomic E-state index is 6.18. The summed E-state index contributed by atoms with van der Waals surface area (Å²) in [4.78, 5) is 8.62. The summed E-state index contributed by atoms with van der Waals surface area (Å²) < 4.78 is 0. The van der Waals surface area contributed by atoms with E-state index in [0.29, 0.717) is 21.8 Å². The van der Waals surface area contributed by atoms with Crippen LogP contribution in [-0.4, -0.2) is 9.97 Å². The fourth-order valence-electron chi connectivity index (χ4n) is 1.62. The van der Waals surface area contributed by atoms with Crippen LogP contribution in [0.4, 0.5) is 11.5 Å². The molecule has 1 aromatic heterocycles. The van der Waals surface area contributed by atoms with Gasteiger partial charge in [0.1, 0.15) is 16.8 Å². The average Bonchev–Trinajstić information content (AvgIpc) is 2.32. The van der Waals surface area contributed by atoms with E-state index in [4.69, 9.17) is 23.2 Å². The van der Waals surface area contributed by atoms with Gasteiger partial charge in [-0.3, -0.25) is 0 Å². The molecule has 0 saturated heterocycles. The minimum Gasteiger partial charge on any atom is -0.339 e. The highest BCUT2D eigenvalue weighted by atomic mass is 35.5. The predicted molar refractivity (Wildman–Crippen MR) is 80.6 cm³/mol. The zero-order valence-corrected chi connectivity index (χ0v) is 12.5. The molecule has 1 aromatic carbocycles. The lowest BCUT2D eigenvalue weighted by molar-refractivity contribution is 0.776. The van der Waals surface area contributed by atoms with Crippen LogP contribution in [0.25, 0.3) is 0 Å². The van der Waals surface area contributed by atoms with Crippen LogP contribution in [0, 0.1) is 6.92 Å². The zero-order valence-electron chi connectivity index (χ0n) is 11.0. The normalized spacial score (nSPS) is 10.8. The molecule has 2 rings (SSSR count). The fraction of sp³-hybridized carbons (Fsp3) is 0.286. The van der Waals surface area contributed by atoms with E-state index in [-0.39, 0.29) is 5.92 Å². The monoisotopic (exact) mass is 295 g/mol. The molecule has 0 bridgehead atoms. The third-order valence-electron chi connectivity index (χ3n) is 2.62. The molecule has 0 unspecified atom stereocenters. The molecule has 0 fully saturated rings. The Morgan fingerprint density at radius 1 is 1.11 bits per heavy atom. The molecule has 1 N–H and O–H groups in total. The molecule has 0 saturated carbocycles. The lowest BCUT2D eigenvalue weighted by Crippen LogP contribution is -2.02. The number of benzene rings is 1. The van der Waals surface area contributed by atoms with Crippen LogP contribution in [-0.2, 0) is 0 Å². The number of nitrogens with zero attached hydrogens (tertiary/aromatic N) is 2. The number of halogens is 2. The van der Waals surface area contributed by atoms with Crippen molar-refractivity contribution in [2.45, 2.75) is 26.7 Å². The topological polar surface area (TPSA) is 37.8 Å². The highest BCUT2D eigenvalue weighted by Gasteiger charge is 2.08. The Balaban J connectivity index is 2.32. The molecule has 2 aromatic rings. The molecule has 0 amide bonds. The molecule has 0 aliphatic rings. The summed E-state index contributed by atoms with van der Waals surface area (Å²) in [6, 6.07) is 7.49. The summed E-state index contributed by atoms with van der Waals surface area (Å²) in [5, 5.41) is 4.24. The van der Waals surface area contributed by atoms with Crippen molar-refractivity contribution in [2.24, 2.45) is 0 Å². The van der Waals surface area contributed by atoms with E-state index in [1.165, 1.54) is 0 Å². The van der Waals surface area contributed by atoms with Crippen LogP contribution in [0.2, 0.25) is 10.2 Å². The van der Waals surface area contributed by atoms with Crippen LogP contribution >= 0.6 is 23.2 Å². The van der Waals surface area contributed by atoms with Crippen LogP contribution in [0.15, 0.2) is 24.3 Å². The molecular formula is C14H15Cl2N3. The minimum atomic E-state index is 0.215. The van der Waals surface area contributed by atoms with Crippen LogP contribution < -0.4 is 5.32 Å². The molecule has 0 aliphatic heterocycles. The Kier molecular flexibility index (Phi) is 4.27. The zero-order chi connectivity index (χ0) is 14.0. The van der Waals surface area contributed by atoms with Crippen molar-refractivity contribution in [1.82, 2.24) is 9.97 Å². The number of hydrogen-bond donors (Lipinski definition) is 1. The first-order chi connectivity index (χ1) is 8.95. The smallest absolute Gasteiger partial charge is 0.135 e. The van der Waals surface area contributed by atoms with Gasteiger partial charge in [0, 0.05) is 12.0 Å². The molecule has 1 heterocycles. The molecule has 100 valence electrons. The van der Waals surface area contributed by atoms with Crippen molar-refractivity contribution in [2.75, 3.05) is 5.32 Å². The quantitative estimate of drug-likeness (QED) is 0.813. The maximum Gasteiger partial charge on any atom is 0.135 e. The van der Waals surface area contributed by atoms with E-state index in [2.05, 4.69) is 15.3 Å². The van der Waals surface area contributed by atoms with Gasteiger partial charge >= 0.3 is 0 Å². The second-order valence-corrected chi connectivity index (χ2v) is 5.49. The summed E-state index contributed by atoms with van der Waals surface area (Å²) >= 11 is 12.2. The van der Waals surface area contributed by atoms with Gasteiger partial charge in [-0.1, -0.05) is 43.1 Å².